The normalized spacial score (nSPS) is 25.9. The van der Waals surface area contributed by atoms with Crippen LogP contribution in [0.3, 0.4) is 0 Å². The molecule has 278 valence electrons. The van der Waals surface area contributed by atoms with Crippen molar-refractivity contribution >= 4 is 40.9 Å². The van der Waals surface area contributed by atoms with Crippen molar-refractivity contribution in [2.75, 3.05) is 0 Å². The topological polar surface area (TPSA) is 147 Å². The molecule has 2 N–H and O–H groups in total. The van der Waals surface area contributed by atoms with E-state index < -0.39 is 46.8 Å². The molecule has 10 heteroatoms. The van der Waals surface area contributed by atoms with Crippen LogP contribution >= 0.6 is 0 Å². The number of amides is 3. The number of rotatable bonds is 17. The first-order valence-electron chi connectivity index (χ1n) is 19.8. The smallest absolute Gasteiger partial charge is 0.287 e. The van der Waals surface area contributed by atoms with Gasteiger partial charge in [0.25, 0.3) is 5.91 Å². The molecular formula is C40H61N3O7. The summed E-state index contributed by atoms with van der Waals surface area (Å²) in [6.45, 7) is 7.63. The Morgan fingerprint density at radius 3 is 2.06 bits per heavy atom. The Morgan fingerprint density at radius 1 is 0.780 bits per heavy atom. The van der Waals surface area contributed by atoms with E-state index in [9.17, 15) is 33.6 Å². The van der Waals surface area contributed by atoms with E-state index in [-0.39, 0.29) is 72.5 Å². The van der Waals surface area contributed by atoms with Crippen molar-refractivity contribution in [2.45, 2.75) is 174 Å². The van der Waals surface area contributed by atoms with Crippen molar-refractivity contribution in [3.05, 3.63) is 0 Å². The zero-order chi connectivity index (χ0) is 36.2. The fourth-order valence-electron chi connectivity index (χ4n) is 8.87. The summed E-state index contributed by atoms with van der Waals surface area (Å²) in [5.74, 6) is -3.94. The van der Waals surface area contributed by atoms with Gasteiger partial charge in [0.05, 0.1) is 6.04 Å². The number of hydrogen-bond acceptors (Lipinski definition) is 7. The summed E-state index contributed by atoms with van der Waals surface area (Å²) in [6, 6.07) is -1.77. The van der Waals surface area contributed by atoms with E-state index in [1.54, 1.807) is 4.90 Å². The summed E-state index contributed by atoms with van der Waals surface area (Å²) in [4.78, 5) is 96.9. The highest BCUT2D eigenvalue weighted by Gasteiger charge is 2.51. The van der Waals surface area contributed by atoms with Gasteiger partial charge in [0, 0.05) is 43.2 Å². The quantitative estimate of drug-likeness (QED) is 0.193. The van der Waals surface area contributed by atoms with Crippen LogP contribution in [-0.2, 0) is 33.6 Å². The Bertz CT molecular complexity index is 1310. The minimum Gasteiger partial charge on any atom is -0.347 e. The molecule has 0 aromatic heterocycles. The van der Waals surface area contributed by atoms with E-state index in [2.05, 4.69) is 10.6 Å². The van der Waals surface area contributed by atoms with Crippen LogP contribution in [0.2, 0.25) is 0 Å². The van der Waals surface area contributed by atoms with Gasteiger partial charge >= 0.3 is 0 Å². The van der Waals surface area contributed by atoms with E-state index >= 15 is 0 Å². The van der Waals surface area contributed by atoms with Crippen LogP contribution in [0.1, 0.15) is 150 Å². The minimum atomic E-state index is -0.958. The largest absolute Gasteiger partial charge is 0.347 e. The summed E-state index contributed by atoms with van der Waals surface area (Å²) < 4.78 is 0. The summed E-state index contributed by atoms with van der Waals surface area (Å²) in [5, 5.41) is 5.83. The first-order valence-corrected chi connectivity index (χ1v) is 19.8. The van der Waals surface area contributed by atoms with Crippen molar-refractivity contribution in [3.63, 3.8) is 0 Å². The highest BCUT2D eigenvalue weighted by Crippen LogP contribution is 2.42. The summed E-state index contributed by atoms with van der Waals surface area (Å²) >= 11 is 0. The third-order valence-electron chi connectivity index (χ3n) is 12.1. The molecule has 1 aliphatic heterocycles. The van der Waals surface area contributed by atoms with Gasteiger partial charge in [-0.2, -0.15) is 0 Å². The van der Waals surface area contributed by atoms with E-state index in [0.717, 1.165) is 83.5 Å². The number of hydrogen-bond donors (Lipinski definition) is 2. The second-order valence-corrected chi connectivity index (χ2v) is 17.4. The van der Waals surface area contributed by atoms with E-state index in [1.807, 2.05) is 27.7 Å². The average molecular weight is 696 g/mol. The van der Waals surface area contributed by atoms with Crippen molar-refractivity contribution in [3.8, 4) is 0 Å². The fourth-order valence-corrected chi connectivity index (χ4v) is 8.87. The molecule has 50 heavy (non-hydrogen) atoms. The lowest BCUT2D eigenvalue weighted by Crippen LogP contribution is -2.60. The van der Waals surface area contributed by atoms with Crippen molar-refractivity contribution in [2.24, 2.45) is 35.0 Å². The van der Waals surface area contributed by atoms with Gasteiger partial charge in [0.15, 0.2) is 11.6 Å². The molecule has 0 spiro atoms. The molecule has 5 fully saturated rings. The molecule has 5 aliphatic rings. The van der Waals surface area contributed by atoms with Crippen molar-refractivity contribution in [1.29, 1.82) is 0 Å². The number of nitrogens with one attached hydrogen (secondary N) is 2. The Kier molecular flexibility index (Phi) is 12.7. The molecule has 1 saturated heterocycles. The lowest BCUT2D eigenvalue weighted by Gasteiger charge is -2.40. The second kappa shape index (κ2) is 16.6. The van der Waals surface area contributed by atoms with Crippen LogP contribution in [-0.4, -0.2) is 69.9 Å². The van der Waals surface area contributed by atoms with Crippen molar-refractivity contribution in [1.82, 2.24) is 15.5 Å². The van der Waals surface area contributed by atoms with E-state index in [1.165, 1.54) is 0 Å². The molecule has 1 unspecified atom stereocenters. The minimum absolute atomic E-state index is 0.0367. The van der Waals surface area contributed by atoms with Gasteiger partial charge in [-0.05, 0) is 87.4 Å². The maximum absolute atomic E-state index is 14.8. The molecule has 5 rings (SSSR count). The van der Waals surface area contributed by atoms with Gasteiger partial charge in [-0.1, -0.05) is 66.2 Å². The predicted molar refractivity (Wildman–Crippen MR) is 189 cm³/mol. The third kappa shape index (κ3) is 9.69. The lowest BCUT2D eigenvalue weighted by atomic mass is 9.76. The predicted octanol–water partition coefficient (Wildman–Crippen LogP) is 5.43. The molecule has 4 aliphatic carbocycles. The summed E-state index contributed by atoms with van der Waals surface area (Å²) in [7, 11) is 0. The van der Waals surface area contributed by atoms with Crippen molar-refractivity contribution < 1.29 is 33.6 Å². The number of carbonyl (C=O) groups is 7. The monoisotopic (exact) mass is 695 g/mol. The SMILES string of the molecule is CCC[C@H](CC(=O)[C@@H]1C[C@@H]2CCCC[C@@H]2N1C(=O)C(NC(=O)[C@@H](CC(=O)C(=O)NC1CC1)C1CCCCC1)C(C)(C)C)C(=O)C(=O)CC1CC1. The highest BCUT2D eigenvalue weighted by molar-refractivity contribution is 6.38. The Balaban J connectivity index is 1.36. The maximum atomic E-state index is 14.8. The van der Waals surface area contributed by atoms with Crippen LogP contribution in [0.4, 0.5) is 0 Å². The molecule has 0 aromatic carbocycles. The molecule has 0 aromatic rings. The van der Waals surface area contributed by atoms with Gasteiger partial charge in [0.1, 0.15) is 6.04 Å². The average Bonchev–Trinajstić information content (AvgIpc) is 4.03. The molecule has 10 nitrogen and oxygen atoms in total. The second-order valence-electron chi connectivity index (χ2n) is 17.4. The number of likely N-dealkylation sites (tertiary alicyclic amines) is 1. The van der Waals surface area contributed by atoms with Gasteiger partial charge in [0.2, 0.25) is 23.4 Å². The van der Waals surface area contributed by atoms with Crippen LogP contribution in [0, 0.1) is 35.0 Å². The number of carbonyl (C=O) groups excluding carboxylic acids is 7. The summed E-state index contributed by atoms with van der Waals surface area (Å²) in [5.41, 5.74) is -0.715. The summed E-state index contributed by atoms with van der Waals surface area (Å²) in [6.07, 6.45) is 13.5. The molecule has 0 radical (unpaired) electrons. The number of Topliss-reactive ketones (excluding diaryl/α,β-unsaturated/α-hetero) is 4. The zero-order valence-electron chi connectivity index (χ0n) is 30.9. The zero-order valence-corrected chi connectivity index (χ0v) is 30.9. The standard InChI is InChI=1S/C40H61N3O7/c1-5-11-27(35(47)33(45)20-24-16-17-24)22-32(44)31-21-26-14-9-10-15-30(26)43(31)39(50)36(40(2,3)4)42-37(48)29(25-12-7-6-8-13-25)23-34(46)38(49)41-28-18-19-28/h24-31,36H,5-23H2,1-4H3,(H,41,49)(H,42,48)/t26-,27+,29-,30-,31-,36?/m0/s1. The number of nitrogens with zero attached hydrogens (tertiary/aromatic N) is 1. The molecule has 1 heterocycles. The van der Waals surface area contributed by atoms with Crippen LogP contribution in [0.15, 0.2) is 0 Å². The third-order valence-corrected chi connectivity index (χ3v) is 12.1. The van der Waals surface area contributed by atoms with Gasteiger partial charge in [-0.25, -0.2) is 0 Å². The fraction of sp³-hybridized carbons (Fsp3) is 0.825. The maximum Gasteiger partial charge on any atom is 0.287 e. The van der Waals surface area contributed by atoms with Gasteiger partial charge in [-0.15, -0.1) is 0 Å². The number of ketones is 4. The van der Waals surface area contributed by atoms with Crippen LogP contribution in [0.25, 0.3) is 0 Å². The van der Waals surface area contributed by atoms with Gasteiger partial charge in [-0.3, -0.25) is 33.6 Å². The van der Waals surface area contributed by atoms with E-state index in [4.69, 9.17) is 0 Å². The van der Waals surface area contributed by atoms with Crippen LogP contribution in [0.5, 0.6) is 0 Å². The molecule has 3 amide bonds. The van der Waals surface area contributed by atoms with E-state index in [0.29, 0.717) is 19.3 Å². The Morgan fingerprint density at radius 2 is 1.44 bits per heavy atom. The van der Waals surface area contributed by atoms with Gasteiger partial charge < -0.3 is 15.5 Å². The lowest BCUT2D eigenvalue weighted by molar-refractivity contribution is -0.148. The van der Waals surface area contributed by atoms with Crippen LogP contribution < -0.4 is 10.6 Å². The first-order chi connectivity index (χ1) is 23.8. The molecule has 0 bridgehead atoms. The first kappa shape index (κ1) is 38.3. The highest BCUT2D eigenvalue weighted by atomic mass is 16.2. The number of fused-ring (bicyclic) bond motifs is 1. The Hall–Kier alpha value is -2.91. The molecule has 6 atom stereocenters. The molecular weight excluding hydrogens is 634 g/mol. The Labute approximate surface area is 298 Å². The molecule has 4 saturated carbocycles.